The number of thiophene rings is 4. The molecule has 142 heavy (non-hydrogen) atoms. The lowest BCUT2D eigenvalue weighted by molar-refractivity contribution is 0.0824. The molecule has 0 bridgehead atoms. The van der Waals surface area contributed by atoms with E-state index in [9.17, 15) is 61.6 Å². The highest BCUT2D eigenvalue weighted by molar-refractivity contribution is 7.22. The Balaban J connectivity index is 0.000000130. The number of halogens is 5. The number of alkyl halides is 4. The van der Waals surface area contributed by atoms with Gasteiger partial charge in [-0.05, 0) is 275 Å². The summed E-state index contributed by atoms with van der Waals surface area (Å²) in [6.07, 6.45) is 4.33. The Morgan fingerprint density at radius 1 is 0.317 bits per heavy atom. The second kappa shape index (κ2) is 45.1. The van der Waals surface area contributed by atoms with Crippen LogP contribution in [0.15, 0.2) is 237 Å². The molecular formula is C117H113F5N4O12S4. The van der Waals surface area contributed by atoms with Gasteiger partial charge in [-0.1, -0.05) is 116 Å². The van der Waals surface area contributed by atoms with E-state index in [1.165, 1.54) is 74.2 Å². The van der Waals surface area contributed by atoms with Crippen LogP contribution in [0.3, 0.4) is 0 Å². The highest BCUT2D eigenvalue weighted by Gasteiger charge is 2.34. The van der Waals surface area contributed by atoms with Gasteiger partial charge in [0.25, 0.3) is 0 Å². The van der Waals surface area contributed by atoms with E-state index in [0.717, 1.165) is 190 Å². The summed E-state index contributed by atoms with van der Waals surface area (Å²) in [4.78, 5) is 65.8. The highest BCUT2D eigenvalue weighted by atomic mass is 32.1. The van der Waals surface area contributed by atoms with E-state index >= 15 is 0 Å². The topological polar surface area (TPSA) is 199 Å². The number of phenols is 4. The number of phenolic OH excluding ortho intramolecular Hbond substituents is 4. The standard InChI is InChI=1S/C30H30FNO3S.C29H27F2NO3S.2C29H28FNO3S/c1-18-12-19(2)27(20(3)13-18)28(34)30-29(25-9-6-23(33)14-26(25)36-30)35-24-7-4-21(5-8-24)10-11-32-16-22(15-31)17-32;1-17-11-21(31)12-18(2)26(17)27(34)29-28(24-8-5-22(33)13-25(24)36-29)35-23-6-3-19(4-7-23)9-10-32-15-20(14-30)16-32;1-18-4-3-5-19(2)26(18)27(33)29-28(24-11-8-22(32)14-25(24)35-29)34-23-9-6-20(7-10-23)12-13-31-16-21(15-30)17-31;1-2-21-5-3-4-6-24(21)27(33)29-28(25-12-9-22(32)15-26(25)35-29)34-23-10-7-19(8-11-23)13-14-31-17-20(16-30)18-31/h4-9,12-14,22,33H,10-11,15-17H2,1-3H3;3-8,11-13,20,33H,9-10,14-16H2,1-2H3;3-11,14,21,32H,12-13,15-17H2,1-2H3;3-12,15,20,32H,2,13-14,16-18H2,1H3. The van der Waals surface area contributed by atoms with E-state index in [1.807, 2.05) is 193 Å². The number of carbonyl (C=O) groups is 4. The number of benzene rings is 12. The summed E-state index contributed by atoms with van der Waals surface area (Å²) in [5.41, 5.74) is 14.2. The maximum Gasteiger partial charge on any atom is 0.207 e. The van der Waals surface area contributed by atoms with Crippen LogP contribution in [0, 0.1) is 78.0 Å². The molecular weight excluding hydrogens is 1880 g/mol. The fraction of sp³-hybridized carbons (Fsp3) is 0.282. The van der Waals surface area contributed by atoms with E-state index in [-0.39, 0.29) is 102 Å². The van der Waals surface area contributed by atoms with Crippen molar-refractivity contribution in [3.8, 4) is 69.0 Å². The molecule has 25 heteroatoms. The summed E-state index contributed by atoms with van der Waals surface area (Å²) in [6.45, 7) is 24.7. The number of nitrogens with zero attached hydrogens (tertiary/aromatic N) is 4. The second-order valence-corrected chi connectivity index (χ2v) is 41.9. The second-order valence-electron chi connectivity index (χ2n) is 37.6. The van der Waals surface area contributed by atoms with Gasteiger partial charge >= 0.3 is 0 Å². The van der Waals surface area contributed by atoms with Gasteiger partial charge in [-0.25, -0.2) is 4.39 Å². The van der Waals surface area contributed by atoms with Gasteiger partial charge in [0.05, 0.1) is 26.7 Å². The van der Waals surface area contributed by atoms with Crippen molar-refractivity contribution >= 4 is 109 Å². The molecule has 0 amide bonds. The Kier molecular flexibility index (Phi) is 32.0. The Hall–Kier alpha value is -13.0. The summed E-state index contributed by atoms with van der Waals surface area (Å²) in [7, 11) is 0. The first kappa shape index (κ1) is 101. The summed E-state index contributed by atoms with van der Waals surface area (Å²) in [6, 6.07) is 71.9. The average Bonchev–Trinajstić information content (AvgIpc) is 1.63. The molecule has 0 aliphatic carbocycles. The maximum absolute atomic E-state index is 13.9. The van der Waals surface area contributed by atoms with Crippen LogP contribution in [0.4, 0.5) is 22.0 Å². The number of fused-ring (bicyclic) bond motifs is 4. The molecule has 12 aromatic carbocycles. The first-order chi connectivity index (χ1) is 68.6. The number of ether oxygens (including phenoxy) is 4. The number of ketones is 4. The van der Waals surface area contributed by atoms with E-state index in [0.29, 0.717) is 98.9 Å². The van der Waals surface area contributed by atoms with Crippen LogP contribution >= 0.6 is 45.3 Å². The summed E-state index contributed by atoms with van der Waals surface area (Å²) in [5.74, 6) is 5.05. The van der Waals surface area contributed by atoms with E-state index in [2.05, 4.69) is 19.6 Å². The molecule has 0 saturated carbocycles. The molecule has 16 nitrogen and oxygen atoms in total. The first-order valence-electron chi connectivity index (χ1n) is 48.0. The monoisotopic (exact) mass is 1990 g/mol. The molecule has 4 aromatic heterocycles. The third-order valence-electron chi connectivity index (χ3n) is 26.8. The van der Waals surface area contributed by atoms with Gasteiger partial charge in [0.15, 0.2) is 23.0 Å². The van der Waals surface area contributed by atoms with Gasteiger partial charge in [-0.2, -0.15) is 0 Å². The molecule has 0 radical (unpaired) electrons. The smallest absolute Gasteiger partial charge is 0.207 e. The predicted octanol–water partition coefficient (Wildman–Crippen LogP) is 27.2. The number of hydrogen-bond donors (Lipinski definition) is 4. The van der Waals surface area contributed by atoms with Crippen molar-refractivity contribution in [1.29, 1.82) is 0 Å². The number of hydrogen-bond acceptors (Lipinski definition) is 20. The molecule has 4 aliphatic rings. The van der Waals surface area contributed by atoms with E-state index in [4.69, 9.17) is 18.9 Å². The van der Waals surface area contributed by atoms with Crippen molar-refractivity contribution in [2.45, 2.75) is 87.5 Å². The molecule has 16 aromatic rings. The highest BCUT2D eigenvalue weighted by Crippen LogP contribution is 2.49. The number of aryl methyl sites for hydroxylation is 8. The summed E-state index contributed by atoms with van der Waals surface area (Å²) < 4.78 is 92.8. The molecule has 0 unspecified atom stereocenters. The Bertz CT molecular complexity index is 7000. The third kappa shape index (κ3) is 23.3. The van der Waals surface area contributed by atoms with Gasteiger partial charge in [-0.3, -0.25) is 36.7 Å². The molecule has 20 rings (SSSR count). The van der Waals surface area contributed by atoms with Gasteiger partial charge in [-0.15, -0.1) is 45.3 Å². The minimum Gasteiger partial charge on any atom is -0.508 e. The molecule has 4 fully saturated rings. The zero-order valence-corrected chi connectivity index (χ0v) is 83.8. The molecule has 8 heterocycles. The lowest BCUT2D eigenvalue weighted by atomic mass is 9.95. The van der Waals surface area contributed by atoms with Crippen LogP contribution < -0.4 is 18.9 Å². The number of carbonyl (C=O) groups excluding carboxylic acids is 4. The normalized spacial score (nSPS) is 14.2. The molecule has 0 atom stereocenters. The SMILES string of the molecule is CCc1ccccc1C(=O)c1sc2cc(O)ccc2c1Oc1ccc(CCN2CC(CF)C2)cc1.Cc1cc(C)c(C(=O)c2sc3cc(O)ccc3c2Oc2ccc(CCN3CC(CF)C3)cc2)c(C)c1.Cc1cc(F)cc(C)c1C(=O)c1sc2cc(O)ccc2c1Oc1ccc(CCN2CC(CF)C2)cc1.Cc1cccc(C)c1C(=O)c1sc2cc(O)ccc2c1Oc1ccc(CCN2CC(CF)C2)cc1. The summed E-state index contributed by atoms with van der Waals surface area (Å²) >= 11 is 5.26. The Morgan fingerprint density at radius 2 is 0.577 bits per heavy atom. The van der Waals surface area contributed by atoms with Crippen molar-refractivity contribution in [3.63, 3.8) is 0 Å². The van der Waals surface area contributed by atoms with Gasteiger partial charge < -0.3 is 59.0 Å². The van der Waals surface area contributed by atoms with Crippen molar-refractivity contribution < 1.29 is 80.5 Å². The van der Waals surface area contributed by atoms with Crippen molar-refractivity contribution in [2.24, 2.45) is 23.7 Å². The summed E-state index contributed by atoms with van der Waals surface area (Å²) in [5, 5.41) is 43.1. The quantitative estimate of drug-likeness (QED) is 0.0223. The zero-order valence-electron chi connectivity index (χ0n) is 80.5. The average molecular weight is 1990 g/mol. The minimum absolute atomic E-state index is 0.0709. The molecule has 4 aliphatic heterocycles. The maximum atomic E-state index is 13.9. The van der Waals surface area contributed by atoms with Crippen LogP contribution in [0.2, 0.25) is 0 Å². The first-order valence-corrected chi connectivity index (χ1v) is 51.3. The lowest BCUT2D eigenvalue weighted by Crippen LogP contribution is -2.48. The van der Waals surface area contributed by atoms with Gasteiger partial charge in [0, 0.05) is 165 Å². The van der Waals surface area contributed by atoms with Crippen molar-refractivity contribution in [2.75, 3.05) is 105 Å². The van der Waals surface area contributed by atoms with Crippen LogP contribution in [0.1, 0.15) is 135 Å². The zero-order chi connectivity index (χ0) is 99.7. The van der Waals surface area contributed by atoms with Crippen molar-refractivity contribution in [1.82, 2.24) is 19.6 Å². The predicted molar refractivity (Wildman–Crippen MR) is 560 cm³/mol. The fourth-order valence-electron chi connectivity index (χ4n) is 19.1. The van der Waals surface area contributed by atoms with Crippen molar-refractivity contribution in [3.05, 3.63) is 351 Å². The molecule has 4 N–H and O–H groups in total. The molecule has 4 saturated heterocycles. The Labute approximate surface area is 839 Å². The molecule has 0 spiro atoms. The third-order valence-corrected chi connectivity index (χ3v) is 31.3. The van der Waals surface area contributed by atoms with Crippen LogP contribution in [0.25, 0.3) is 40.3 Å². The van der Waals surface area contributed by atoms with Gasteiger partial charge in [0.1, 0.15) is 71.3 Å². The molecule has 732 valence electrons. The minimum atomic E-state index is -0.379. The lowest BCUT2D eigenvalue weighted by Gasteiger charge is -2.37. The fourth-order valence-corrected chi connectivity index (χ4v) is 23.5. The van der Waals surface area contributed by atoms with Crippen LogP contribution in [-0.2, 0) is 32.1 Å². The largest absolute Gasteiger partial charge is 0.508 e. The Morgan fingerprint density at radius 3 is 0.852 bits per heavy atom. The van der Waals surface area contributed by atoms with Crippen LogP contribution in [0.5, 0.6) is 69.0 Å². The van der Waals surface area contributed by atoms with Gasteiger partial charge in [0.2, 0.25) is 23.1 Å². The van der Waals surface area contributed by atoms with Crippen LogP contribution in [-0.4, -0.2) is 168 Å². The number of likely N-dealkylation sites (tertiary alicyclic amines) is 4. The van der Waals surface area contributed by atoms with E-state index in [1.54, 1.807) is 86.6 Å². The number of aromatic hydroxyl groups is 4. The number of rotatable bonds is 33. The van der Waals surface area contributed by atoms with E-state index < -0.39 is 0 Å².